The highest BCUT2D eigenvalue weighted by Gasteiger charge is 2.58. The SMILES string of the molecule is O=C(NCC(O)COc1c(Br)cc(C(O)CNC(=O)C2C=NOC23C=C(Br)C(=O)C(Br)C3O)cc1Br)C1=NOC2(C=C(Br)C(=O)C(Br)C2O)C1. The number of Topliss-reactive ketones (excluding diaryl/α,β-unsaturated/α-hetero) is 2. The molecule has 6 N–H and O–H groups in total. The molecule has 21 heteroatoms. The molecule has 50 heavy (non-hydrogen) atoms. The van der Waals surface area contributed by atoms with Crippen LogP contribution in [0.2, 0.25) is 0 Å². The molecule has 2 aliphatic carbocycles. The van der Waals surface area contributed by atoms with Gasteiger partial charge in [0.15, 0.2) is 17.2 Å². The standard InChI is InChI=1S/C29H26Br6N4O11/c30-13-1-10(18(41)8-37-26(46)12-7-38-50-29(12)4-16(33)22(43)20(35)25(29)45)2-14(31)23(13)48-9-11(40)6-36-27(47)17-5-28(49-39-17)3-15(32)21(42)19(34)24(28)44/h1-4,7,11-12,18-20,24-25,40-41,44-45H,5-6,8-9H2,(H,36,47)(H,37,46). The molecule has 2 heterocycles. The normalized spacial score (nSPS) is 31.4. The summed E-state index contributed by atoms with van der Waals surface area (Å²) in [6.07, 6.45) is -1.28. The number of amides is 2. The number of nitrogens with zero attached hydrogens (tertiary/aromatic N) is 2. The maximum Gasteiger partial charge on any atom is 0.269 e. The molecular formula is C29H26Br6N4O11. The number of benzene rings is 1. The molecule has 2 amide bonds. The lowest BCUT2D eigenvalue weighted by Gasteiger charge is -2.38. The summed E-state index contributed by atoms with van der Waals surface area (Å²) in [5.74, 6) is -2.86. The Morgan fingerprint density at radius 3 is 2.22 bits per heavy atom. The lowest BCUT2D eigenvalue weighted by Crippen LogP contribution is -2.59. The number of rotatable bonds is 10. The first-order chi connectivity index (χ1) is 23.5. The maximum absolute atomic E-state index is 13.1. The van der Waals surface area contributed by atoms with Crippen LogP contribution < -0.4 is 15.4 Å². The van der Waals surface area contributed by atoms with Crippen molar-refractivity contribution in [3.05, 3.63) is 47.8 Å². The van der Waals surface area contributed by atoms with Gasteiger partial charge in [0.25, 0.3) is 5.91 Å². The number of aliphatic hydroxyl groups is 4. The van der Waals surface area contributed by atoms with Gasteiger partial charge in [-0.1, -0.05) is 42.2 Å². The Morgan fingerprint density at radius 2 is 1.56 bits per heavy atom. The second kappa shape index (κ2) is 15.8. The Labute approximate surface area is 334 Å². The Hall–Kier alpha value is -1.56. The summed E-state index contributed by atoms with van der Waals surface area (Å²) in [4.78, 5) is 59.0. The summed E-state index contributed by atoms with van der Waals surface area (Å²) in [6, 6.07) is 3.12. The smallest absolute Gasteiger partial charge is 0.269 e. The number of alkyl halides is 2. The first-order valence-electron chi connectivity index (χ1n) is 14.5. The van der Waals surface area contributed by atoms with Gasteiger partial charge >= 0.3 is 0 Å². The average Bonchev–Trinajstić information content (AvgIpc) is 3.71. The number of hydrogen-bond acceptors (Lipinski definition) is 13. The van der Waals surface area contributed by atoms with Gasteiger partial charge in [-0.3, -0.25) is 19.2 Å². The molecule has 9 atom stereocenters. The summed E-state index contributed by atoms with van der Waals surface area (Å²) in [6.45, 7) is -0.687. The monoisotopic (exact) mass is 1080 g/mol. The van der Waals surface area contributed by atoms with Gasteiger partial charge in [0.05, 0.1) is 30.2 Å². The zero-order chi connectivity index (χ0) is 36.7. The van der Waals surface area contributed by atoms with E-state index in [1.165, 1.54) is 18.4 Å². The molecule has 2 aliphatic heterocycles. The van der Waals surface area contributed by atoms with E-state index in [9.17, 15) is 39.6 Å². The summed E-state index contributed by atoms with van der Waals surface area (Å²) in [5, 5.41) is 55.4. The quantitative estimate of drug-likeness (QED) is 0.186. The van der Waals surface area contributed by atoms with E-state index in [0.29, 0.717) is 14.5 Å². The molecule has 0 fully saturated rings. The van der Waals surface area contributed by atoms with Crippen molar-refractivity contribution >= 4 is 131 Å². The Bertz CT molecular complexity index is 1700. The number of nitrogens with one attached hydrogen (secondary N) is 2. The molecular weight excluding hydrogens is 1060 g/mol. The largest absolute Gasteiger partial charge is 0.488 e. The fourth-order valence-electron chi connectivity index (χ4n) is 5.44. The van der Waals surface area contributed by atoms with Crippen LogP contribution in [0.15, 0.2) is 52.5 Å². The van der Waals surface area contributed by atoms with Gasteiger partial charge in [0.2, 0.25) is 11.5 Å². The fourth-order valence-corrected chi connectivity index (χ4v) is 10.1. The summed E-state index contributed by atoms with van der Waals surface area (Å²) in [7, 11) is 0. The number of aliphatic hydroxyl groups excluding tert-OH is 4. The third-order valence-electron chi connectivity index (χ3n) is 8.23. The van der Waals surface area contributed by atoms with E-state index in [1.54, 1.807) is 12.1 Å². The van der Waals surface area contributed by atoms with Gasteiger partial charge in [-0.05, 0) is 93.6 Å². The third kappa shape index (κ3) is 7.72. The van der Waals surface area contributed by atoms with E-state index in [2.05, 4.69) is 117 Å². The van der Waals surface area contributed by atoms with E-state index in [1.807, 2.05) is 0 Å². The van der Waals surface area contributed by atoms with Crippen molar-refractivity contribution in [3.63, 3.8) is 0 Å². The molecule has 1 aromatic rings. The van der Waals surface area contributed by atoms with Gasteiger partial charge < -0.3 is 45.5 Å². The molecule has 15 nitrogen and oxygen atoms in total. The van der Waals surface area contributed by atoms with Crippen molar-refractivity contribution in [3.8, 4) is 5.75 Å². The lowest BCUT2D eigenvalue weighted by molar-refractivity contribution is -0.142. The number of halogens is 6. The minimum absolute atomic E-state index is 0.0386. The molecule has 0 saturated carbocycles. The molecule has 0 radical (unpaired) electrons. The molecule has 0 bridgehead atoms. The molecule has 270 valence electrons. The molecule has 1 aromatic carbocycles. The lowest BCUT2D eigenvalue weighted by atomic mass is 9.77. The van der Waals surface area contributed by atoms with Gasteiger partial charge in [-0.2, -0.15) is 0 Å². The minimum Gasteiger partial charge on any atom is -0.488 e. The van der Waals surface area contributed by atoms with Crippen LogP contribution in [-0.4, -0.2) is 115 Å². The number of carbonyl (C=O) groups is 4. The molecule has 2 spiro atoms. The van der Waals surface area contributed by atoms with Crippen molar-refractivity contribution < 1.29 is 54.0 Å². The first-order valence-corrected chi connectivity index (χ1v) is 19.5. The van der Waals surface area contributed by atoms with Crippen LogP contribution in [0.3, 0.4) is 0 Å². The van der Waals surface area contributed by atoms with E-state index in [-0.39, 0.29) is 52.3 Å². The Balaban J connectivity index is 1.11. The Morgan fingerprint density at radius 1 is 0.940 bits per heavy atom. The van der Waals surface area contributed by atoms with Crippen LogP contribution in [0.25, 0.3) is 0 Å². The molecule has 0 aromatic heterocycles. The zero-order valence-electron chi connectivity index (χ0n) is 25.1. The molecule has 5 rings (SSSR count). The van der Waals surface area contributed by atoms with Crippen LogP contribution >= 0.6 is 95.6 Å². The fraction of sp³-hybridized carbons (Fsp3) is 0.448. The molecule has 4 aliphatic rings. The second-order valence-electron chi connectivity index (χ2n) is 11.6. The number of allylic oxidation sites excluding steroid dienone is 2. The summed E-state index contributed by atoms with van der Waals surface area (Å²) >= 11 is 19.3. The van der Waals surface area contributed by atoms with Crippen molar-refractivity contribution in [2.45, 2.75) is 51.7 Å². The van der Waals surface area contributed by atoms with Crippen molar-refractivity contribution in [1.82, 2.24) is 10.6 Å². The highest BCUT2D eigenvalue weighted by Crippen LogP contribution is 2.43. The van der Waals surface area contributed by atoms with E-state index in [0.717, 1.165) is 0 Å². The van der Waals surface area contributed by atoms with Gasteiger partial charge in [0, 0.05) is 19.5 Å². The van der Waals surface area contributed by atoms with E-state index < -0.39 is 68.8 Å². The van der Waals surface area contributed by atoms with Crippen molar-refractivity contribution in [2.24, 2.45) is 16.2 Å². The zero-order valence-corrected chi connectivity index (χ0v) is 34.6. The van der Waals surface area contributed by atoms with Gasteiger partial charge in [-0.25, -0.2) is 0 Å². The van der Waals surface area contributed by atoms with Crippen molar-refractivity contribution in [1.29, 1.82) is 0 Å². The van der Waals surface area contributed by atoms with Crippen LogP contribution in [0.1, 0.15) is 18.1 Å². The van der Waals surface area contributed by atoms with Gasteiger partial charge in [0.1, 0.15) is 52.0 Å². The number of ketones is 2. The van der Waals surface area contributed by atoms with Crippen molar-refractivity contribution in [2.75, 3.05) is 19.7 Å². The van der Waals surface area contributed by atoms with Crippen LogP contribution in [-0.2, 0) is 28.9 Å². The summed E-state index contributed by atoms with van der Waals surface area (Å²) < 4.78 is 6.86. The molecule has 9 unspecified atom stereocenters. The highest BCUT2D eigenvalue weighted by atomic mass is 79.9. The highest BCUT2D eigenvalue weighted by molar-refractivity contribution is 9.12. The van der Waals surface area contributed by atoms with Crippen LogP contribution in [0.5, 0.6) is 5.75 Å². The Kier molecular flexibility index (Phi) is 12.5. The van der Waals surface area contributed by atoms with Crippen LogP contribution in [0.4, 0.5) is 0 Å². The number of hydrogen-bond donors (Lipinski definition) is 6. The van der Waals surface area contributed by atoms with Gasteiger partial charge in [-0.15, -0.1) is 0 Å². The first kappa shape index (κ1) is 39.6. The molecule has 0 saturated heterocycles. The number of oxime groups is 2. The number of ether oxygens (including phenoxy) is 1. The van der Waals surface area contributed by atoms with E-state index >= 15 is 0 Å². The number of carbonyl (C=O) groups excluding carboxylic acids is 4. The minimum atomic E-state index is -1.63. The van der Waals surface area contributed by atoms with Crippen LogP contribution in [0, 0.1) is 5.92 Å². The predicted molar refractivity (Wildman–Crippen MR) is 197 cm³/mol. The average molecular weight is 1090 g/mol. The second-order valence-corrected chi connectivity index (χ2v) is 17.0. The predicted octanol–water partition coefficient (Wildman–Crippen LogP) is 2.08. The maximum atomic E-state index is 13.1. The third-order valence-corrected chi connectivity index (χ3v) is 12.5. The topological polar surface area (TPSA) is 226 Å². The summed E-state index contributed by atoms with van der Waals surface area (Å²) in [5.41, 5.74) is -2.69. The van der Waals surface area contributed by atoms with E-state index in [4.69, 9.17) is 14.4 Å².